The summed E-state index contributed by atoms with van der Waals surface area (Å²) in [6, 6.07) is 0. The fourth-order valence-electron chi connectivity index (χ4n) is 3.23. The SMILES string of the molecule is CC(C)CC12CC(NN)(C1)C2. The van der Waals surface area contributed by atoms with E-state index < -0.39 is 0 Å². The molecule has 0 atom stereocenters. The molecule has 0 aromatic carbocycles. The zero-order chi connectivity index (χ0) is 8.11. The molecule has 0 aromatic rings. The molecular formula is C9H18N2. The first-order valence-corrected chi connectivity index (χ1v) is 4.58. The van der Waals surface area contributed by atoms with Gasteiger partial charge < -0.3 is 0 Å². The van der Waals surface area contributed by atoms with Gasteiger partial charge in [-0.15, -0.1) is 0 Å². The third-order valence-electron chi connectivity index (χ3n) is 3.29. The molecule has 3 aliphatic rings. The van der Waals surface area contributed by atoms with E-state index in [2.05, 4.69) is 19.3 Å². The lowest BCUT2D eigenvalue weighted by molar-refractivity contribution is -0.165. The highest BCUT2D eigenvalue weighted by Gasteiger charge is 2.66. The molecule has 0 unspecified atom stereocenters. The number of hydrogen-bond donors (Lipinski definition) is 2. The highest BCUT2D eigenvalue weighted by atomic mass is 15.3. The number of hydrogen-bond acceptors (Lipinski definition) is 2. The molecule has 3 saturated carbocycles. The van der Waals surface area contributed by atoms with Crippen LogP contribution in [0.5, 0.6) is 0 Å². The van der Waals surface area contributed by atoms with Crippen molar-refractivity contribution in [1.29, 1.82) is 0 Å². The highest BCUT2D eigenvalue weighted by Crippen LogP contribution is 2.69. The Kier molecular flexibility index (Phi) is 1.37. The molecule has 0 radical (unpaired) electrons. The maximum Gasteiger partial charge on any atom is 0.0337 e. The van der Waals surface area contributed by atoms with E-state index in [1.807, 2.05) is 0 Å². The Morgan fingerprint density at radius 2 is 1.91 bits per heavy atom. The summed E-state index contributed by atoms with van der Waals surface area (Å²) in [5.41, 5.74) is 4.03. The molecule has 0 amide bonds. The minimum absolute atomic E-state index is 0.384. The molecule has 0 spiro atoms. The average Bonchev–Trinajstić information content (AvgIpc) is 1.74. The van der Waals surface area contributed by atoms with Gasteiger partial charge in [-0.25, -0.2) is 0 Å². The van der Waals surface area contributed by atoms with Gasteiger partial charge in [-0.3, -0.25) is 11.3 Å². The number of nitrogens with one attached hydrogen (secondary N) is 1. The van der Waals surface area contributed by atoms with Crippen molar-refractivity contribution in [3.63, 3.8) is 0 Å². The molecule has 0 aromatic heterocycles. The third kappa shape index (κ3) is 0.926. The van der Waals surface area contributed by atoms with Crippen LogP contribution in [0.25, 0.3) is 0 Å². The first-order chi connectivity index (χ1) is 5.10. The van der Waals surface area contributed by atoms with E-state index in [9.17, 15) is 0 Å². The van der Waals surface area contributed by atoms with E-state index in [1.165, 1.54) is 25.7 Å². The van der Waals surface area contributed by atoms with Crippen molar-refractivity contribution in [2.45, 2.75) is 45.1 Å². The van der Waals surface area contributed by atoms with Gasteiger partial charge in [-0.2, -0.15) is 0 Å². The molecule has 2 heteroatoms. The Hall–Kier alpha value is -0.0800. The predicted octanol–water partition coefficient (Wildman–Crippen LogP) is 1.42. The smallest absolute Gasteiger partial charge is 0.0337 e. The first-order valence-electron chi connectivity index (χ1n) is 4.58. The molecule has 0 aliphatic heterocycles. The standard InChI is InChI=1S/C9H18N2/c1-7(2)3-8-4-9(5-8,6-8)11-10/h7,11H,3-6,10H2,1-2H3. The van der Waals surface area contributed by atoms with E-state index in [4.69, 9.17) is 5.84 Å². The Labute approximate surface area is 68.5 Å². The summed E-state index contributed by atoms with van der Waals surface area (Å²) in [7, 11) is 0. The van der Waals surface area contributed by atoms with Gasteiger partial charge in [-0.1, -0.05) is 13.8 Å². The van der Waals surface area contributed by atoms with Crippen LogP contribution in [0.1, 0.15) is 39.5 Å². The molecular weight excluding hydrogens is 136 g/mol. The van der Waals surface area contributed by atoms with E-state index in [0.717, 1.165) is 5.92 Å². The second kappa shape index (κ2) is 1.99. The monoisotopic (exact) mass is 154 g/mol. The topological polar surface area (TPSA) is 38.0 Å². The largest absolute Gasteiger partial charge is 0.271 e. The Balaban J connectivity index is 1.85. The zero-order valence-electron chi connectivity index (χ0n) is 7.48. The Morgan fingerprint density at radius 3 is 2.27 bits per heavy atom. The van der Waals surface area contributed by atoms with E-state index in [1.54, 1.807) is 0 Å². The quantitative estimate of drug-likeness (QED) is 0.476. The number of nitrogens with two attached hydrogens (primary N) is 1. The van der Waals surface area contributed by atoms with Crippen molar-refractivity contribution in [3.8, 4) is 0 Å². The van der Waals surface area contributed by atoms with Gasteiger partial charge >= 0.3 is 0 Å². The summed E-state index contributed by atoms with van der Waals surface area (Å²) in [5.74, 6) is 6.30. The lowest BCUT2D eigenvalue weighted by Crippen LogP contribution is -2.75. The van der Waals surface area contributed by atoms with Gasteiger partial charge in [0.2, 0.25) is 0 Å². The normalized spacial score (nSPS) is 46.9. The fraction of sp³-hybridized carbons (Fsp3) is 1.00. The molecule has 3 rings (SSSR count). The molecule has 3 N–H and O–H groups in total. The molecule has 2 bridgehead atoms. The van der Waals surface area contributed by atoms with Crippen molar-refractivity contribution in [2.24, 2.45) is 17.2 Å². The van der Waals surface area contributed by atoms with Gasteiger partial charge in [0.1, 0.15) is 0 Å². The second-order valence-corrected chi connectivity index (χ2v) is 5.05. The zero-order valence-corrected chi connectivity index (χ0v) is 7.48. The Bertz CT molecular complexity index is 155. The molecule has 0 heterocycles. The molecule has 2 nitrogen and oxygen atoms in total. The van der Waals surface area contributed by atoms with Crippen LogP contribution in [0.15, 0.2) is 0 Å². The van der Waals surface area contributed by atoms with Crippen LogP contribution in [-0.2, 0) is 0 Å². The second-order valence-electron chi connectivity index (χ2n) is 5.05. The van der Waals surface area contributed by atoms with Gasteiger partial charge in [0.25, 0.3) is 0 Å². The van der Waals surface area contributed by atoms with Crippen LogP contribution < -0.4 is 11.3 Å². The molecule has 3 aliphatic carbocycles. The average molecular weight is 154 g/mol. The summed E-state index contributed by atoms with van der Waals surface area (Å²) < 4.78 is 0. The van der Waals surface area contributed by atoms with Gasteiger partial charge in [0, 0.05) is 5.54 Å². The summed E-state index contributed by atoms with van der Waals surface area (Å²) in [5, 5.41) is 0. The van der Waals surface area contributed by atoms with Crippen molar-refractivity contribution < 1.29 is 0 Å². The van der Waals surface area contributed by atoms with E-state index in [-0.39, 0.29) is 0 Å². The summed E-state index contributed by atoms with van der Waals surface area (Å²) in [6.07, 6.45) is 5.38. The number of hydrazine groups is 1. The van der Waals surface area contributed by atoms with Crippen LogP contribution in [0, 0.1) is 11.3 Å². The minimum atomic E-state index is 0.384. The number of rotatable bonds is 3. The lowest BCUT2D eigenvalue weighted by atomic mass is 9.38. The first kappa shape index (κ1) is 7.56. The van der Waals surface area contributed by atoms with Crippen LogP contribution in [0.2, 0.25) is 0 Å². The Morgan fingerprint density at radius 1 is 1.36 bits per heavy atom. The van der Waals surface area contributed by atoms with Gasteiger partial charge in [0.05, 0.1) is 0 Å². The van der Waals surface area contributed by atoms with Crippen LogP contribution in [0.4, 0.5) is 0 Å². The van der Waals surface area contributed by atoms with Gasteiger partial charge in [-0.05, 0) is 37.0 Å². The van der Waals surface area contributed by atoms with E-state index in [0.29, 0.717) is 11.0 Å². The summed E-state index contributed by atoms with van der Waals surface area (Å²) in [6.45, 7) is 4.62. The van der Waals surface area contributed by atoms with Crippen LogP contribution in [0.3, 0.4) is 0 Å². The summed E-state index contributed by atoms with van der Waals surface area (Å²) >= 11 is 0. The van der Waals surface area contributed by atoms with Crippen molar-refractivity contribution in [1.82, 2.24) is 5.43 Å². The van der Waals surface area contributed by atoms with Crippen molar-refractivity contribution >= 4 is 0 Å². The van der Waals surface area contributed by atoms with Crippen molar-refractivity contribution in [3.05, 3.63) is 0 Å². The van der Waals surface area contributed by atoms with E-state index >= 15 is 0 Å². The maximum absolute atomic E-state index is 5.45. The van der Waals surface area contributed by atoms with Crippen LogP contribution in [-0.4, -0.2) is 5.54 Å². The molecule has 0 saturated heterocycles. The molecule has 64 valence electrons. The third-order valence-corrected chi connectivity index (χ3v) is 3.29. The fourth-order valence-corrected chi connectivity index (χ4v) is 3.23. The summed E-state index contributed by atoms with van der Waals surface area (Å²) in [4.78, 5) is 0. The predicted molar refractivity (Wildman–Crippen MR) is 45.8 cm³/mol. The maximum atomic E-state index is 5.45. The lowest BCUT2D eigenvalue weighted by Gasteiger charge is -2.71. The van der Waals surface area contributed by atoms with Crippen molar-refractivity contribution in [2.75, 3.05) is 0 Å². The molecule has 3 fully saturated rings. The highest BCUT2D eigenvalue weighted by molar-refractivity contribution is 5.22. The molecule has 11 heavy (non-hydrogen) atoms. The van der Waals surface area contributed by atoms with Crippen LogP contribution >= 0.6 is 0 Å². The minimum Gasteiger partial charge on any atom is -0.271 e. The van der Waals surface area contributed by atoms with Gasteiger partial charge in [0.15, 0.2) is 0 Å².